The van der Waals surface area contributed by atoms with E-state index in [1.54, 1.807) is 0 Å². The molecule has 1 rings (SSSR count). The SMILES string of the molecule is OC[C@H]1OC(/C=N/O)C(O)[C@@H]1O. The minimum absolute atomic E-state index is 0.381. The maximum atomic E-state index is 9.20. The number of aliphatic hydroxyl groups is 3. The van der Waals surface area contributed by atoms with Crippen LogP contribution in [-0.2, 0) is 4.74 Å². The number of hydrogen-bond donors (Lipinski definition) is 4. The quantitative estimate of drug-likeness (QED) is 0.220. The molecule has 12 heavy (non-hydrogen) atoms. The molecule has 1 aliphatic heterocycles. The molecule has 4 atom stereocenters. The summed E-state index contributed by atoms with van der Waals surface area (Å²) in [5.74, 6) is 0. The van der Waals surface area contributed by atoms with Gasteiger partial charge in [0.25, 0.3) is 0 Å². The Labute approximate surface area is 68.7 Å². The highest BCUT2D eigenvalue weighted by Crippen LogP contribution is 2.19. The molecule has 70 valence electrons. The maximum Gasteiger partial charge on any atom is 0.125 e. The lowest BCUT2D eigenvalue weighted by molar-refractivity contribution is -0.00975. The Hall–Kier alpha value is -0.690. The van der Waals surface area contributed by atoms with Crippen molar-refractivity contribution in [1.29, 1.82) is 0 Å². The van der Waals surface area contributed by atoms with E-state index in [2.05, 4.69) is 5.16 Å². The van der Waals surface area contributed by atoms with Gasteiger partial charge in [0.2, 0.25) is 0 Å². The fraction of sp³-hybridized carbons (Fsp3) is 0.833. The van der Waals surface area contributed by atoms with Crippen LogP contribution >= 0.6 is 0 Å². The van der Waals surface area contributed by atoms with Crippen molar-refractivity contribution < 1.29 is 25.3 Å². The van der Waals surface area contributed by atoms with E-state index in [1.165, 1.54) is 0 Å². The molecule has 6 heteroatoms. The Kier molecular flexibility index (Phi) is 2.99. The molecule has 1 heterocycles. The predicted molar refractivity (Wildman–Crippen MR) is 38.0 cm³/mol. The van der Waals surface area contributed by atoms with Gasteiger partial charge in [-0.05, 0) is 0 Å². The van der Waals surface area contributed by atoms with Gasteiger partial charge < -0.3 is 25.3 Å². The molecule has 0 aromatic rings. The fourth-order valence-corrected chi connectivity index (χ4v) is 1.12. The van der Waals surface area contributed by atoms with Crippen molar-refractivity contribution in [2.24, 2.45) is 5.16 Å². The molecule has 1 fully saturated rings. The average molecular weight is 177 g/mol. The first kappa shape index (κ1) is 9.40. The molecule has 0 aromatic heterocycles. The van der Waals surface area contributed by atoms with Crippen LogP contribution in [0.1, 0.15) is 0 Å². The van der Waals surface area contributed by atoms with Crippen molar-refractivity contribution in [2.45, 2.75) is 24.4 Å². The third-order valence-corrected chi connectivity index (χ3v) is 1.79. The van der Waals surface area contributed by atoms with Crippen molar-refractivity contribution in [1.82, 2.24) is 0 Å². The van der Waals surface area contributed by atoms with Crippen molar-refractivity contribution >= 4 is 6.21 Å². The van der Waals surface area contributed by atoms with E-state index in [1.807, 2.05) is 0 Å². The van der Waals surface area contributed by atoms with Crippen molar-refractivity contribution in [3.63, 3.8) is 0 Å². The average Bonchev–Trinajstić information content (AvgIpc) is 2.33. The topological polar surface area (TPSA) is 103 Å². The summed E-state index contributed by atoms with van der Waals surface area (Å²) in [4.78, 5) is 0. The van der Waals surface area contributed by atoms with Gasteiger partial charge in [-0.1, -0.05) is 5.16 Å². The van der Waals surface area contributed by atoms with Crippen molar-refractivity contribution in [2.75, 3.05) is 6.61 Å². The van der Waals surface area contributed by atoms with Crippen LogP contribution < -0.4 is 0 Å². The Morgan fingerprint density at radius 3 is 2.42 bits per heavy atom. The van der Waals surface area contributed by atoms with Gasteiger partial charge in [0.15, 0.2) is 0 Å². The van der Waals surface area contributed by atoms with Gasteiger partial charge in [-0.2, -0.15) is 0 Å². The van der Waals surface area contributed by atoms with E-state index in [4.69, 9.17) is 15.1 Å². The van der Waals surface area contributed by atoms with E-state index in [0.717, 1.165) is 6.21 Å². The smallest absolute Gasteiger partial charge is 0.125 e. The molecule has 0 aliphatic carbocycles. The summed E-state index contributed by atoms with van der Waals surface area (Å²) in [7, 11) is 0. The van der Waals surface area contributed by atoms with Crippen molar-refractivity contribution in [3.05, 3.63) is 0 Å². The number of rotatable bonds is 2. The highest BCUT2D eigenvalue weighted by atomic mass is 16.6. The lowest BCUT2D eigenvalue weighted by Gasteiger charge is -2.10. The van der Waals surface area contributed by atoms with Crippen LogP contribution in [0.5, 0.6) is 0 Å². The minimum atomic E-state index is -1.15. The van der Waals surface area contributed by atoms with Crippen LogP contribution in [-0.4, -0.2) is 57.8 Å². The number of oxime groups is 1. The van der Waals surface area contributed by atoms with Gasteiger partial charge in [0.1, 0.15) is 24.4 Å². The van der Waals surface area contributed by atoms with E-state index in [-0.39, 0.29) is 6.61 Å². The minimum Gasteiger partial charge on any atom is -0.411 e. The molecule has 1 saturated heterocycles. The van der Waals surface area contributed by atoms with Crippen molar-refractivity contribution in [3.8, 4) is 0 Å². The summed E-state index contributed by atoms with van der Waals surface area (Å²) in [6.07, 6.45) is -3.01. The largest absolute Gasteiger partial charge is 0.411 e. The summed E-state index contributed by atoms with van der Waals surface area (Å²) in [6, 6.07) is 0. The molecule has 0 bridgehead atoms. The molecule has 4 N–H and O–H groups in total. The standard InChI is InChI=1S/C6H11NO5/c8-2-4-6(10)5(9)3(12-4)1-7-11/h1,3-6,8-11H,2H2/b7-1+/t3?,4-,5?,6-/m1/s1. The lowest BCUT2D eigenvalue weighted by atomic mass is 10.1. The van der Waals surface area contributed by atoms with E-state index in [0.29, 0.717) is 0 Å². The molecular formula is C6H11NO5. The molecule has 0 spiro atoms. The van der Waals surface area contributed by atoms with Crippen LogP contribution in [0.2, 0.25) is 0 Å². The highest BCUT2D eigenvalue weighted by Gasteiger charge is 2.41. The first-order valence-corrected chi connectivity index (χ1v) is 3.50. The molecule has 6 nitrogen and oxygen atoms in total. The number of hydrogen-bond acceptors (Lipinski definition) is 6. The summed E-state index contributed by atoms with van der Waals surface area (Å²) in [5, 5.41) is 37.8. The van der Waals surface area contributed by atoms with Crippen LogP contribution in [0, 0.1) is 0 Å². The first-order chi connectivity index (χ1) is 5.70. The summed E-state index contributed by atoms with van der Waals surface area (Å²) in [6.45, 7) is -0.381. The van der Waals surface area contributed by atoms with Gasteiger partial charge in [0, 0.05) is 0 Å². The van der Waals surface area contributed by atoms with Gasteiger partial charge in [-0.25, -0.2) is 0 Å². The van der Waals surface area contributed by atoms with Gasteiger partial charge in [0.05, 0.1) is 12.8 Å². The second-order valence-electron chi connectivity index (χ2n) is 2.57. The zero-order chi connectivity index (χ0) is 9.14. The van der Waals surface area contributed by atoms with E-state index >= 15 is 0 Å². The predicted octanol–water partition coefficient (Wildman–Crippen LogP) is -2.07. The third kappa shape index (κ3) is 1.56. The normalized spacial score (nSPS) is 42.6. The molecule has 0 aromatic carbocycles. The molecule has 0 saturated carbocycles. The second-order valence-corrected chi connectivity index (χ2v) is 2.57. The second kappa shape index (κ2) is 3.81. The van der Waals surface area contributed by atoms with Gasteiger partial charge in [-0.3, -0.25) is 0 Å². The Balaban J connectivity index is 2.60. The summed E-state index contributed by atoms with van der Waals surface area (Å²) in [5.41, 5.74) is 0. The zero-order valence-corrected chi connectivity index (χ0v) is 6.24. The molecule has 2 unspecified atom stereocenters. The van der Waals surface area contributed by atoms with Gasteiger partial charge >= 0.3 is 0 Å². The Morgan fingerprint density at radius 2 is 2.00 bits per heavy atom. The maximum absolute atomic E-state index is 9.20. The Bertz CT molecular complexity index is 173. The third-order valence-electron chi connectivity index (χ3n) is 1.79. The van der Waals surface area contributed by atoms with E-state index in [9.17, 15) is 10.2 Å². The monoisotopic (exact) mass is 177 g/mol. The molecule has 0 radical (unpaired) electrons. The van der Waals surface area contributed by atoms with Gasteiger partial charge in [-0.15, -0.1) is 0 Å². The Morgan fingerprint density at radius 1 is 1.33 bits per heavy atom. The highest BCUT2D eigenvalue weighted by molar-refractivity contribution is 5.64. The zero-order valence-electron chi connectivity index (χ0n) is 6.24. The fourth-order valence-electron chi connectivity index (χ4n) is 1.12. The molecule has 0 amide bonds. The van der Waals surface area contributed by atoms with Crippen LogP contribution in [0.15, 0.2) is 5.16 Å². The van der Waals surface area contributed by atoms with Crippen LogP contribution in [0.25, 0.3) is 0 Å². The summed E-state index contributed by atoms with van der Waals surface area (Å²) < 4.78 is 4.92. The number of aliphatic hydroxyl groups excluding tert-OH is 3. The summed E-state index contributed by atoms with van der Waals surface area (Å²) >= 11 is 0. The number of nitrogens with zero attached hydrogens (tertiary/aromatic N) is 1. The number of ether oxygens (including phenoxy) is 1. The molecular weight excluding hydrogens is 166 g/mol. The first-order valence-electron chi connectivity index (χ1n) is 3.50. The lowest BCUT2D eigenvalue weighted by Crippen LogP contribution is -2.34. The van der Waals surface area contributed by atoms with Crippen LogP contribution in [0.3, 0.4) is 0 Å². The van der Waals surface area contributed by atoms with E-state index < -0.39 is 24.4 Å². The van der Waals surface area contributed by atoms with Crippen LogP contribution in [0.4, 0.5) is 0 Å². The molecule has 1 aliphatic rings.